The lowest BCUT2D eigenvalue weighted by molar-refractivity contribution is -0.366. The molecule has 0 bridgehead atoms. The Labute approximate surface area is 145 Å². The Kier molecular flexibility index (Phi) is 7.00. The Morgan fingerprint density at radius 1 is 0.739 bits per heavy atom. The zero-order valence-electron chi connectivity index (χ0n) is 12.5. The van der Waals surface area contributed by atoms with E-state index in [2.05, 4.69) is 25.3 Å². The molecule has 2 saturated heterocycles. The van der Waals surface area contributed by atoms with Gasteiger partial charge in [-0.1, -0.05) is 6.92 Å². The summed E-state index contributed by atoms with van der Waals surface area (Å²) in [5.41, 5.74) is 0. The van der Waals surface area contributed by atoms with E-state index in [0.29, 0.717) is 5.75 Å². The van der Waals surface area contributed by atoms with Crippen molar-refractivity contribution in [3.05, 3.63) is 0 Å². The van der Waals surface area contributed by atoms with Crippen molar-refractivity contribution < 1.29 is 39.7 Å². The van der Waals surface area contributed by atoms with Gasteiger partial charge in [0.05, 0.1) is 18.3 Å². The predicted molar refractivity (Wildman–Crippen MR) is 85.3 cm³/mol. The third-order valence-electron chi connectivity index (χ3n) is 4.36. The van der Waals surface area contributed by atoms with Crippen LogP contribution >= 0.6 is 25.3 Å². The molecule has 2 aliphatic heterocycles. The van der Waals surface area contributed by atoms with Crippen LogP contribution in [0, 0.1) is 5.92 Å². The van der Waals surface area contributed by atoms with Gasteiger partial charge in [0.25, 0.3) is 0 Å². The van der Waals surface area contributed by atoms with Gasteiger partial charge >= 0.3 is 0 Å². The lowest BCUT2D eigenvalue weighted by Gasteiger charge is -2.45. The highest BCUT2D eigenvalue weighted by Crippen LogP contribution is 2.30. The number of thiol groups is 2. The second kappa shape index (κ2) is 8.17. The molecule has 2 heterocycles. The molecule has 0 radical (unpaired) electrons. The lowest BCUT2D eigenvalue weighted by atomic mass is 9.91. The normalized spacial score (nSPS) is 51.7. The molecule has 23 heavy (non-hydrogen) atoms. The second-order valence-electron chi connectivity index (χ2n) is 5.90. The van der Waals surface area contributed by atoms with Crippen LogP contribution in [0.15, 0.2) is 0 Å². The largest absolute Gasteiger partial charge is 0.390 e. The van der Waals surface area contributed by atoms with Gasteiger partial charge in [0.1, 0.15) is 24.4 Å². The van der Waals surface area contributed by atoms with Crippen LogP contribution in [0.2, 0.25) is 0 Å². The third-order valence-corrected chi connectivity index (χ3v) is 5.08. The Balaban J connectivity index is 2.07. The van der Waals surface area contributed by atoms with Gasteiger partial charge in [-0.15, -0.1) is 0 Å². The molecule has 10 atom stereocenters. The highest BCUT2D eigenvalue weighted by Gasteiger charge is 2.48. The molecule has 5 N–H and O–H groups in total. The standard InChI is InChI=1S/C13H24O8S2/c1-4-5(2-22)19-12(10(17)7(4)14)21-13-11(18)9(16)8(15)6(3-23)20-13/h4-18,22-23H,2-3H2,1H3/t4-,5?,6?,7?,8-,9+,10?,11?,12+,13+/m1/s1. The fraction of sp³-hybridized carbons (Fsp3) is 1.00. The zero-order chi connectivity index (χ0) is 17.3. The first-order valence-electron chi connectivity index (χ1n) is 7.40. The molecule has 0 aliphatic carbocycles. The summed E-state index contributed by atoms with van der Waals surface area (Å²) in [6.07, 6.45) is -10.7. The van der Waals surface area contributed by atoms with Crippen LogP contribution in [0.1, 0.15) is 6.92 Å². The maximum atomic E-state index is 10.1. The molecule has 2 rings (SSSR count). The van der Waals surface area contributed by atoms with E-state index in [9.17, 15) is 25.5 Å². The highest BCUT2D eigenvalue weighted by molar-refractivity contribution is 7.80. The zero-order valence-corrected chi connectivity index (χ0v) is 14.3. The van der Waals surface area contributed by atoms with Crippen molar-refractivity contribution in [1.29, 1.82) is 0 Å². The highest BCUT2D eigenvalue weighted by atomic mass is 32.1. The van der Waals surface area contributed by atoms with E-state index in [4.69, 9.17) is 14.2 Å². The average molecular weight is 372 g/mol. The Morgan fingerprint density at radius 3 is 1.74 bits per heavy atom. The summed E-state index contributed by atoms with van der Waals surface area (Å²) in [5, 5.41) is 49.7. The van der Waals surface area contributed by atoms with Crippen molar-refractivity contribution >= 4 is 25.3 Å². The maximum absolute atomic E-state index is 10.1. The number of aliphatic hydroxyl groups is 5. The minimum Gasteiger partial charge on any atom is -0.390 e. The van der Waals surface area contributed by atoms with Crippen molar-refractivity contribution in [2.24, 2.45) is 5.92 Å². The molecule has 8 nitrogen and oxygen atoms in total. The molecule has 5 unspecified atom stereocenters. The molecule has 2 fully saturated rings. The number of ether oxygens (including phenoxy) is 3. The predicted octanol–water partition coefficient (Wildman–Crippen LogP) is -2.25. The first kappa shape index (κ1) is 19.7. The molecule has 0 amide bonds. The topological polar surface area (TPSA) is 129 Å². The van der Waals surface area contributed by atoms with E-state index in [1.54, 1.807) is 6.92 Å². The van der Waals surface area contributed by atoms with E-state index in [0.717, 1.165) is 0 Å². The molecule has 136 valence electrons. The van der Waals surface area contributed by atoms with E-state index in [-0.39, 0.29) is 11.7 Å². The first-order valence-corrected chi connectivity index (χ1v) is 8.66. The van der Waals surface area contributed by atoms with Gasteiger partial charge in [0, 0.05) is 17.4 Å². The second-order valence-corrected chi connectivity index (χ2v) is 6.63. The smallest absolute Gasteiger partial charge is 0.189 e. The molecule has 0 saturated carbocycles. The summed E-state index contributed by atoms with van der Waals surface area (Å²) in [5.74, 6) is 0.0502. The van der Waals surface area contributed by atoms with Crippen LogP contribution in [0.5, 0.6) is 0 Å². The molecule has 2 aliphatic rings. The van der Waals surface area contributed by atoms with E-state index >= 15 is 0 Å². The quantitative estimate of drug-likeness (QED) is 0.276. The van der Waals surface area contributed by atoms with Gasteiger partial charge in [-0.2, -0.15) is 25.3 Å². The van der Waals surface area contributed by atoms with Crippen molar-refractivity contribution in [1.82, 2.24) is 0 Å². The molecule has 0 aromatic rings. The van der Waals surface area contributed by atoms with Crippen molar-refractivity contribution in [2.45, 2.75) is 62.2 Å². The Morgan fingerprint density at radius 2 is 1.22 bits per heavy atom. The summed E-state index contributed by atoms with van der Waals surface area (Å²) in [7, 11) is 0. The molecule has 0 aromatic heterocycles. The molecular weight excluding hydrogens is 348 g/mol. The van der Waals surface area contributed by atoms with Crippen LogP contribution < -0.4 is 0 Å². The van der Waals surface area contributed by atoms with Gasteiger partial charge in [-0.3, -0.25) is 0 Å². The van der Waals surface area contributed by atoms with E-state index < -0.39 is 55.3 Å². The summed E-state index contributed by atoms with van der Waals surface area (Å²) >= 11 is 8.14. The molecule has 10 heteroatoms. The van der Waals surface area contributed by atoms with Crippen LogP contribution in [0.4, 0.5) is 0 Å². The fourth-order valence-electron chi connectivity index (χ4n) is 2.70. The molecular formula is C13H24O8S2. The van der Waals surface area contributed by atoms with E-state index in [1.165, 1.54) is 0 Å². The molecule has 0 aromatic carbocycles. The fourth-order valence-corrected chi connectivity index (χ4v) is 3.42. The number of aliphatic hydroxyl groups excluding tert-OH is 5. The first-order chi connectivity index (χ1) is 10.8. The van der Waals surface area contributed by atoms with E-state index in [1.807, 2.05) is 0 Å². The van der Waals surface area contributed by atoms with Gasteiger partial charge in [0.15, 0.2) is 12.6 Å². The van der Waals surface area contributed by atoms with Crippen LogP contribution in [0.25, 0.3) is 0 Å². The monoisotopic (exact) mass is 372 g/mol. The minimum absolute atomic E-state index is 0.0950. The Bertz CT molecular complexity index is 351. The Hall–Kier alpha value is 0.380. The van der Waals surface area contributed by atoms with Crippen molar-refractivity contribution in [3.8, 4) is 0 Å². The van der Waals surface area contributed by atoms with Crippen molar-refractivity contribution in [3.63, 3.8) is 0 Å². The van der Waals surface area contributed by atoms with Gasteiger partial charge in [-0.25, -0.2) is 0 Å². The van der Waals surface area contributed by atoms with Gasteiger partial charge in [0.2, 0.25) is 0 Å². The summed E-state index contributed by atoms with van der Waals surface area (Å²) in [4.78, 5) is 0. The van der Waals surface area contributed by atoms with Gasteiger partial charge < -0.3 is 39.7 Å². The third kappa shape index (κ3) is 3.97. The molecule has 0 spiro atoms. The summed E-state index contributed by atoms with van der Waals surface area (Å²) < 4.78 is 16.3. The average Bonchev–Trinajstić information content (AvgIpc) is 2.55. The maximum Gasteiger partial charge on any atom is 0.189 e. The van der Waals surface area contributed by atoms with Crippen LogP contribution in [-0.4, -0.2) is 92.3 Å². The minimum atomic E-state index is -1.54. The SMILES string of the molecule is C[C@@H]1C(CS)O[C@@H](O[C@@H]2OC(CS)[C@@H](O)[C@H](O)C2O)C(O)C1O. The number of hydrogen-bond acceptors (Lipinski definition) is 10. The van der Waals surface area contributed by atoms with Crippen LogP contribution in [-0.2, 0) is 14.2 Å². The number of rotatable bonds is 4. The number of hydrogen-bond donors (Lipinski definition) is 7. The van der Waals surface area contributed by atoms with Crippen molar-refractivity contribution in [2.75, 3.05) is 11.5 Å². The lowest BCUT2D eigenvalue weighted by Crippen LogP contribution is -2.62. The van der Waals surface area contributed by atoms with Gasteiger partial charge in [-0.05, 0) is 0 Å². The van der Waals surface area contributed by atoms with Crippen LogP contribution in [0.3, 0.4) is 0 Å². The summed E-state index contributed by atoms with van der Waals surface area (Å²) in [6, 6.07) is 0. The summed E-state index contributed by atoms with van der Waals surface area (Å²) in [6.45, 7) is 1.72.